The van der Waals surface area contributed by atoms with Gasteiger partial charge in [0.15, 0.2) is 0 Å². The van der Waals surface area contributed by atoms with Crippen molar-refractivity contribution < 1.29 is 13.9 Å². The summed E-state index contributed by atoms with van der Waals surface area (Å²) in [5.41, 5.74) is 2.27. The Balaban J connectivity index is 2.43. The fourth-order valence-electron chi connectivity index (χ4n) is 2.25. The summed E-state index contributed by atoms with van der Waals surface area (Å²) in [6, 6.07) is 5.40. The first-order valence-electron chi connectivity index (χ1n) is 5.42. The van der Waals surface area contributed by atoms with E-state index in [2.05, 4.69) is 5.32 Å². The summed E-state index contributed by atoms with van der Waals surface area (Å²) in [5, 5.41) is 12.7. The summed E-state index contributed by atoms with van der Waals surface area (Å²) in [6.45, 7) is 2.76. The van der Waals surface area contributed by atoms with Crippen molar-refractivity contribution in [2.24, 2.45) is 0 Å². The van der Waals surface area contributed by atoms with Crippen LogP contribution in [-0.4, -0.2) is 18.1 Å². The molecule has 1 aromatic rings. The van der Waals surface area contributed by atoms with E-state index in [1.54, 1.807) is 12.1 Å². The molecule has 1 aromatic carbocycles. The van der Waals surface area contributed by atoms with Crippen LogP contribution in [0.3, 0.4) is 0 Å². The van der Waals surface area contributed by atoms with E-state index in [4.69, 9.17) is 0 Å². The van der Waals surface area contributed by atoms with Crippen LogP contribution >= 0.6 is 0 Å². The van der Waals surface area contributed by atoms with E-state index in [0.29, 0.717) is 12.0 Å². The number of fused-ring (bicyclic) bond motifs is 1. The fraction of sp³-hybridized carbons (Fsp3) is 0.500. The third kappa shape index (κ3) is 1.95. The van der Waals surface area contributed by atoms with E-state index >= 15 is 0 Å². The molecule has 2 nitrogen and oxygen atoms in total. The molecule has 1 aliphatic rings. The van der Waals surface area contributed by atoms with Crippen LogP contribution in [0.2, 0.25) is 0 Å². The van der Waals surface area contributed by atoms with Gasteiger partial charge in [0, 0.05) is 6.04 Å². The van der Waals surface area contributed by atoms with Gasteiger partial charge in [0.1, 0.15) is 6.10 Å². The molecule has 16 heavy (non-hydrogen) atoms. The topological polar surface area (TPSA) is 32.3 Å². The Labute approximate surface area is 93.3 Å². The predicted octanol–water partition coefficient (Wildman–Crippen LogP) is 2.19. The van der Waals surface area contributed by atoms with Crippen LogP contribution in [0.1, 0.15) is 35.8 Å². The lowest BCUT2D eigenvalue weighted by Crippen LogP contribution is -2.29. The van der Waals surface area contributed by atoms with Gasteiger partial charge in [0.05, 0.1) is 0 Å². The molecule has 4 heteroatoms. The second-order valence-corrected chi connectivity index (χ2v) is 4.12. The van der Waals surface area contributed by atoms with Gasteiger partial charge in [-0.15, -0.1) is 0 Å². The van der Waals surface area contributed by atoms with E-state index in [0.717, 1.165) is 17.7 Å². The first-order chi connectivity index (χ1) is 7.61. The minimum atomic E-state index is -2.73. The van der Waals surface area contributed by atoms with Crippen LogP contribution in [0.4, 0.5) is 8.78 Å². The van der Waals surface area contributed by atoms with E-state index in [9.17, 15) is 13.9 Å². The summed E-state index contributed by atoms with van der Waals surface area (Å²) in [6.07, 6.45) is -3.70. The average Bonchev–Trinajstić information content (AvgIpc) is 2.28. The number of aliphatic hydroxyl groups excluding tert-OH is 1. The molecule has 2 rings (SSSR count). The third-order valence-corrected chi connectivity index (χ3v) is 3.10. The van der Waals surface area contributed by atoms with Gasteiger partial charge in [-0.3, -0.25) is 0 Å². The second kappa shape index (κ2) is 4.47. The molecule has 1 aliphatic heterocycles. The highest BCUT2D eigenvalue weighted by Crippen LogP contribution is 2.31. The second-order valence-electron chi connectivity index (χ2n) is 4.12. The monoisotopic (exact) mass is 227 g/mol. The minimum absolute atomic E-state index is 0.161. The van der Waals surface area contributed by atoms with Gasteiger partial charge in [-0.1, -0.05) is 18.2 Å². The number of rotatable bonds is 2. The summed E-state index contributed by atoms with van der Waals surface area (Å²) in [4.78, 5) is 0. The number of alkyl halides is 2. The molecular weight excluding hydrogens is 212 g/mol. The summed E-state index contributed by atoms with van der Waals surface area (Å²) in [7, 11) is 0. The Morgan fingerprint density at radius 3 is 2.88 bits per heavy atom. The summed E-state index contributed by atoms with van der Waals surface area (Å²) < 4.78 is 25.0. The largest absolute Gasteiger partial charge is 0.382 e. The lowest BCUT2D eigenvalue weighted by Gasteiger charge is -2.27. The predicted molar refractivity (Wildman–Crippen MR) is 57.5 cm³/mol. The Bertz CT molecular complexity index is 381. The van der Waals surface area contributed by atoms with Crippen molar-refractivity contribution in [3.05, 3.63) is 34.9 Å². The summed E-state index contributed by atoms with van der Waals surface area (Å²) in [5.74, 6) is 0. The van der Waals surface area contributed by atoms with Crippen LogP contribution in [0.5, 0.6) is 0 Å². The molecule has 0 aromatic heterocycles. The number of aliphatic hydroxyl groups is 1. The van der Waals surface area contributed by atoms with Crippen molar-refractivity contribution >= 4 is 0 Å². The zero-order chi connectivity index (χ0) is 11.7. The van der Waals surface area contributed by atoms with E-state index < -0.39 is 12.5 Å². The normalized spacial score (nSPS) is 21.9. The molecule has 0 saturated heterocycles. The van der Waals surface area contributed by atoms with Crippen molar-refractivity contribution in [2.45, 2.75) is 31.9 Å². The van der Waals surface area contributed by atoms with E-state index in [1.165, 1.54) is 0 Å². The molecule has 0 fully saturated rings. The minimum Gasteiger partial charge on any atom is -0.382 e. The van der Waals surface area contributed by atoms with Gasteiger partial charge >= 0.3 is 0 Å². The fourth-order valence-corrected chi connectivity index (χ4v) is 2.25. The Kier molecular flexibility index (Phi) is 3.21. The lowest BCUT2D eigenvalue weighted by molar-refractivity contribution is -0.00639. The highest BCUT2D eigenvalue weighted by atomic mass is 19.3. The highest BCUT2D eigenvalue weighted by Gasteiger charge is 2.26. The maximum Gasteiger partial charge on any atom is 0.268 e. The quantitative estimate of drug-likeness (QED) is 0.811. The van der Waals surface area contributed by atoms with Crippen LogP contribution in [-0.2, 0) is 6.42 Å². The van der Waals surface area contributed by atoms with Crippen molar-refractivity contribution in [2.75, 3.05) is 6.54 Å². The number of benzene rings is 1. The van der Waals surface area contributed by atoms with Gasteiger partial charge < -0.3 is 10.4 Å². The Hall–Kier alpha value is -1.00. The average molecular weight is 227 g/mol. The zero-order valence-corrected chi connectivity index (χ0v) is 9.08. The van der Waals surface area contributed by atoms with Crippen LogP contribution < -0.4 is 5.32 Å². The Morgan fingerprint density at radius 1 is 1.44 bits per heavy atom. The van der Waals surface area contributed by atoms with Gasteiger partial charge in [-0.25, -0.2) is 8.78 Å². The molecule has 2 N–H and O–H groups in total. The number of nitrogens with one attached hydrogen (secondary N) is 1. The third-order valence-electron chi connectivity index (χ3n) is 3.10. The standard InChI is InChI=1S/C12H15F2NO/c1-7-8-3-2-4-10(11(16)12(13)14)9(8)5-6-15-7/h2-4,7,11-12,15-16H,5-6H2,1H3/t7-,11+/m0/s1. The Morgan fingerprint density at radius 2 is 2.19 bits per heavy atom. The molecule has 0 unspecified atom stereocenters. The molecule has 0 saturated carbocycles. The van der Waals surface area contributed by atoms with E-state index in [1.807, 2.05) is 13.0 Å². The van der Waals surface area contributed by atoms with Crippen molar-refractivity contribution in [1.29, 1.82) is 0 Å². The molecule has 88 valence electrons. The molecule has 0 aliphatic carbocycles. The summed E-state index contributed by atoms with van der Waals surface area (Å²) >= 11 is 0. The first-order valence-corrected chi connectivity index (χ1v) is 5.42. The maximum atomic E-state index is 12.5. The van der Waals surface area contributed by atoms with Crippen molar-refractivity contribution in [3.8, 4) is 0 Å². The molecular formula is C12H15F2NO. The SMILES string of the molecule is C[C@@H]1NCCc2c1cccc2[C@@H](O)C(F)F. The van der Waals surface area contributed by atoms with Gasteiger partial charge in [0.25, 0.3) is 6.43 Å². The smallest absolute Gasteiger partial charge is 0.268 e. The van der Waals surface area contributed by atoms with Crippen LogP contribution in [0.25, 0.3) is 0 Å². The highest BCUT2D eigenvalue weighted by molar-refractivity contribution is 5.40. The van der Waals surface area contributed by atoms with Crippen molar-refractivity contribution in [1.82, 2.24) is 5.32 Å². The van der Waals surface area contributed by atoms with Crippen molar-refractivity contribution in [3.63, 3.8) is 0 Å². The molecule has 0 bridgehead atoms. The van der Waals surface area contributed by atoms with Gasteiger partial charge in [0.2, 0.25) is 0 Å². The maximum absolute atomic E-state index is 12.5. The first kappa shape index (κ1) is 11.5. The number of hydrogen-bond donors (Lipinski definition) is 2. The number of halogens is 2. The van der Waals surface area contributed by atoms with E-state index in [-0.39, 0.29) is 6.04 Å². The lowest BCUT2D eigenvalue weighted by atomic mass is 9.89. The molecule has 0 radical (unpaired) electrons. The van der Waals surface area contributed by atoms with Gasteiger partial charge in [-0.05, 0) is 36.6 Å². The number of hydrogen-bond acceptors (Lipinski definition) is 2. The molecule has 1 heterocycles. The van der Waals surface area contributed by atoms with Crippen LogP contribution in [0, 0.1) is 0 Å². The van der Waals surface area contributed by atoms with Gasteiger partial charge in [-0.2, -0.15) is 0 Å². The molecule has 2 atom stereocenters. The molecule has 0 amide bonds. The zero-order valence-electron chi connectivity index (χ0n) is 9.08. The molecule has 0 spiro atoms. The van der Waals surface area contributed by atoms with Crippen LogP contribution in [0.15, 0.2) is 18.2 Å².